The van der Waals surface area contributed by atoms with Crippen LogP contribution in [0.4, 0.5) is 0 Å². The summed E-state index contributed by atoms with van der Waals surface area (Å²) in [6, 6.07) is 15.5. The summed E-state index contributed by atoms with van der Waals surface area (Å²) in [5.74, 6) is 1.01. The molecule has 0 aromatic heterocycles. The quantitative estimate of drug-likeness (QED) is 0.805. The van der Waals surface area contributed by atoms with Gasteiger partial charge in [-0.2, -0.15) is 0 Å². The molecule has 0 aliphatic rings. The van der Waals surface area contributed by atoms with E-state index in [9.17, 15) is 5.11 Å². The fourth-order valence-electron chi connectivity index (χ4n) is 1.46. The molecule has 2 rings (SSSR count). The number of aromatic hydroxyl groups is 1. The van der Waals surface area contributed by atoms with Crippen LogP contribution < -0.4 is 4.74 Å². The molecule has 2 aromatic carbocycles. The van der Waals surface area contributed by atoms with Crippen LogP contribution in [0.15, 0.2) is 42.5 Å². The molecular weight excluding hydrogens is 188 g/mol. The van der Waals surface area contributed by atoms with Crippen LogP contribution in [-0.2, 0) is 0 Å². The zero-order valence-electron chi connectivity index (χ0n) is 8.40. The van der Waals surface area contributed by atoms with Crippen LogP contribution in [0.25, 0.3) is 11.1 Å². The van der Waals surface area contributed by atoms with Crippen LogP contribution in [0.1, 0.15) is 0 Å². The van der Waals surface area contributed by atoms with Crippen molar-refractivity contribution in [2.24, 2.45) is 0 Å². The number of rotatable bonds is 2. The van der Waals surface area contributed by atoms with Gasteiger partial charge in [0, 0.05) is 5.56 Å². The molecule has 0 aliphatic heterocycles. The van der Waals surface area contributed by atoms with Gasteiger partial charge in [-0.25, -0.2) is 0 Å². The van der Waals surface area contributed by atoms with Crippen LogP contribution in [-0.4, -0.2) is 12.2 Å². The Morgan fingerprint density at radius 1 is 1.27 bits per heavy atom. The Kier molecular flexibility index (Phi) is 2.59. The second kappa shape index (κ2) is 4.05. The highest BCUT2D eigenvalue weighted by Crippen LogP contribution is 2.30. The first-order valence-electron chi connectivity index (χ1n) is 4.65. The Morgan fingerprint density at radius 2 is 2.13 bits per heavy atom. The maximum absolute atomic E-state index is 9.66. The maximum Gasteiger partial charge on any atom is 0.124 e. The summed E-state index contributed by atoms with van der Waals surface area (Å²) in [5.41, 5.74) is 1.72. The standard InChI is InChI=1S/C13H11O2/c1-15-11-6-4-5-10(9-11)12-7-2-3-8-13(12)14/h2,4-9,14H,1H3. The predicted octanol–water partition coefficient (Wildman–Crippen LogP) is 2.87. The van der Waals surface area contributed by atoms with Gasteiger partial charge in [0.15, 0.2) is 0 Å². The van der Waals surface area contributed by atoms with Gasteiger partial charge in [0.05, 0.1) is 7.11 Å². The highest BCUT2D eigenvalue weighted by Gasteiger charge is 2.03. The zero-order valence-corrected chi connectivity index (χ0v) is 8.40. The lowest BCUT2D eigenvalue weighted by molar-refractivity contribution is 0.415. The molecule has 2 nitrogen and oxygen atoms in total. The number of hydrogen-bond acceptors (Lipinski definition) is 2. The molecule has 15 heavy (non-hydrogen) atoms. The molecule has 0 atom stereocenters. The van der Waals surface area contributed by atoms with E-state index in [1.807, 2.05) is 30.3 Å². The first-order valence-corrected chi connectivity index (χ1v) is 4.65. The van der Waals surface area contributed by atoms with Crippen molar-refractivity contribution in [2.75, 3.05) is 7.11 Å². The molecule has 0 fully saturated rings. The maximum atomic E-state index is 9.66. The first kappa shape index (κ1) is 9.59. The molecule has 0 saturated carbocycles. The Balaban J connectivity index is 2.49. The Labute approximate surface area is 88.8 Å². The van der Waals surface area contributed by atoms with Crippen molar-refractivity contribution in [3.63, 3.8) is 0 Å². The molecule has 0 unspecified atom stereocenters. The summed E-state index contributed by atoms with van der Waals surface area (Å²) in [4.78, 5) is 0. The van der Waals surface area contributed by atoms with Crippen LogP contribution in [0, 0.1) is 6.07 Å². The first-order chi connectivity index (χ1) is 7.31. The third-order valence-corrected chi connectivity index (χ3v) is 2.22. The Hall–Kier alpha value is -1.96. The van der Waals surface area contributed by atoms with Gasteiger partial charge in [-0.05, 0) is 29.8 Å². The van der Waals surface area contributed by atoms with Crippen molar-refractivity contribution < 1.29 is 9.84 Å². The molecule has 0 heterocycles. The average Bonchev–Trinajstić information content (AvgIpc) is 2.30. The molecule has 2 heteroatoms. The smallest absolute Gasteiger partial charge is 0.124 e. The van der Waals surface area contributed by atoms with Gasteiger partial charge < -0.3 is 9.84 Å². The van der Waals surface area contributed by atoms with E-state index in [2.05, 4.69) is 6.07 Å². The summed E-state index contributed by atoms with van der Waals surface area (Å²) in [6.07, 6.45) is 0. The number of phenols is 1. The highest BCUT2D eigenvalue weighted by atomic mass is 16.5. The highest BCUT2D eigenvalue weighted by molar-refractivity contribution is 5.70. The minimum absolute atomic E-state index is 0.228. The van der Waals surface area contributed by atoms with E-state index in [4.69, 9.17) is 4.74 Å². The van der Waals surface area contributed by atoms with Crippen molar-refractivity contribution >= 4 is 0 Å². The van der Waals surface area contributed by atoms with Crippen molar-refractivity contribution in [1.82, 2.24) is 0 Å². The fourth-order valence-corrected chi connectivity index (χ4v) is 1.46. The molecule has 1 N–H and O–H groups in total. The molecule has 0 aliphatic carbocycles. The zero-order chi connectivity index (χ0) is 10.7. The SMILES string of the molecule is COc1cccc(-c2cc[c]cc2O)c1. The lowest BCUT2D eigenvalue weighted by atomic mass is 10.0. The van der Waals surface area contributed by atoms with Crippen LogP contribution in [0.5, 0.6) is 11.5 Å². The molecular formula is C13H11O2. The van der Waals surface area contributed by atoms with Crippen molar-refractivity contribution in [1.29, 1.82) is 0 Å². The van der Waals surface area contributed by atoms with E-state index >= 15 is 0 Å². The fraction of sp³-hybridized carbons (Fsp3) is 0.0769. The molecule has 2 aromatic rings. The lowest BCUT2D eigenvalue weighted by Crippen LogP contribution is -1.84. The average molecular weight is 199 g/mol. The van der Waals surface area contributed by atoms with Crippen LogP contribution in [0.3, 0.4) is 0 Å². The number of hydrogen-bond donors (Lipinski definition) is 1. The van der Waals surface area contributed by atoms with E-state index in [1.54, 1.807) is 19.2 Å². The van der Waals surface area contributed by atoms with Gasteiger partial charge in [0.1, 0.15) is 11.5 Å². The van der Waals surface area contributed by atoms with E-state index in [0.29, 0.717) is 0 Å². The number of phenolic OH excluding ortho intramolecular Hbond substituents is 1. The summed E-state index contributed by atoms with van der Waals surface area (Å²) >= 11 is 0. The molecule has 0 saturated heterocycles. The summed E-state index contributed by atoms with van der Waals surface area (Å²) in [7, 11) is 1.62. The summed E-state index contributed by atoms with van der Waals surface area (Å²) in [6.45, 7) is 0. The van der Waals surface area contributed by atoms with Crippen molar-refractivity contribution in [2.45, 2.75) is 0 Å². The molecule has 0 spiro atoms. The third kappa shape index (κ3) is 1.94. The number of benzene rings is 2. The monoisotopic (exact) mass is 199 g/mol. The Bertz CT molecular complexity index is 464. The topological polar surface area (TPSA) is 29.5 Å². The van der Waals surface area contributed by atoms with E-state index in [-0.39, 0.29) is 5.75 Å². The van der Waals surface area contributed by atoms with Gasteiger partial charge in [-0.3, -0.25) is 0 Å². The molecule has 1 radical (unpaired) electrons. The Morgan fingerprint density at radius 3 is 2.87 bits per heavy atom. The second-order valence-electron chi connectivity index (χ2n) is 3.18. The number of ether oxygens (including phenoxy) is 1. The van der Waals surface area contributed by atoms with Crippen LogP contribution in [0.2, 0.25) is 0 Å². The van der Waals surface area contributed by atoms with E-state index < -0.39 is 0 Å². The van der Waals surface area contributed by atoms with Crippen LogP contribution >= 0.6 is 0 Å². The van der Waals surface area contributed by atoms with Crippen molar-refractivity contribution in [3.05, 3.63) is 48.5 Å². The van der Waals surface area contributed by atoms with Gasteiger partial charge in [0.2, 0.25) is 0 Å². The number of methoxy groups -OCH3 is 1. The molecule has 0 amide bonds. The van der Waals surface area contributed by atoms with Gasteiger partial charge in [-0.15, -0.1) is 0 Å². The molecule has 0 bridgehead atoms. The van der Waals surface area contributed by atoms with Gasteiger partial charge >= 0.3 is 0 Å². The molecule has 75 valence electrons. The minimum Gasteiger partial charge on any atom is -0.507 e. The van der Waals surface area contributed by atoms with E-state index in [1.165, 1.54) is 0 Å². The van der Waals surface area contributed by atoms with Gasteiger partial charge in [0.25, 0.3) is 0 Å². The van der Waals surface area contributed by atoms with E-state index in [0.717, 1.165) is 16.9 Å². The second-order valence-corrected chi connectivity index (χ2v) is 3.18. The summed E-state index contributed by atoms with van der Waals surface area (Å²) < 4.78 is 5.13. The lowest BCUT2D eigenvalue weighted by Gasteiger charge is -2.06. The largest absolute Gasteiger partial charge is 0.507 e. The normalized spacial score (nSPS) is 9.93. The minimum atomic E-state index is 0.228. The van der Waals surface area contributed by atoms with Gasteiger partial charge in [-0.1, -0.05) is 24.3 Å². The summed E-state index contributed by atoms with van der Waals surface area (Å²) in [5, 5.41) is 9.66. The predicted molar refractivity (Wildman–Crippen MR) is 58.9 cm³/mol. The van der Waals surface area contributed by atoms with Crippen molar-refractivity contribution in [3.8, 4) is 22.6 Å². The third-order valence-electron chi connectivity index (χ3n) is 2.22.